The van der Waals surface area contributed by atoms with Crippen LogP contribution in [0.15, 0.2) is 53.7 Å². The molecule has 3 N–H and O–H groups in total. The quantitative estimate of drug-likeness (QED) is 0.624. The first-order valence-electron chi connectivity index (χ1n) is 7.96. The number of carbonyl (C=O) groups excluding carboxylic acids is 1. The van der Waals surface area contributed by atoms with Gasteiger partial charge in [0.2, 0.25) is 0 Å². The molecule has 0 atom stereocenters. The van der Waals surface area contributed by atoms with Gasteiger partial charge in [-0.15, -0.1) is 0 Å². The van der Waals surface area contributed by atoms with Crippen molar-refractivity contribution in [2.75, 3.05) is 10.0 Å². The van der Waals surface area contributed by atoms with Gasteiger partial charge in [0.25, 0.3) is 15.9 Å². The SMILES string of the molecule is Cc1cc(C)cc(NS(=O)(=O)c2[nH]ncc2C(=O)Nc2ccccc2F)c1. The number of hydrogen-bond acceptors (Lipinski definition) is 4. The Morgan fingerprint density at radius 1 is 1.11 bits per heavy atom. The van der Waals surface area contributed by atoms with Gasteiger partial charge >= 0.3 is 0 Å². The second-order valence-corrected chi connectivity index (χ2v) is 7.65. The Morgan fingerprint density at radius 2 is 1.78 bits per heavy atom. The number of sulfonamides is 1. The number of aryl methyl sites for hydroxylation is 2. The average molecular weight is 388 g/mol. The summed E-state index contributed by atoms with van der Waals surface area (Å²) in [6.07, 6.45) is 1.08. The standard InChI is InChI=1S/C18H17FN4O3S/c1-11-7-12(2)9-13(8-11)23-27(25,26)18-14(10-20-22-18)17(24)21-16-6-4-3-5-15(16)19/h3-10,23H,1-2H3,(H,20,22)(H,21,24). The summed E-state index contributed by atoms with van der Waals surface area (Å²) in [7, 11) is -4.10. The number of nitrogens with zero attached hydrogens (tertiary/aromatic N) is 1. The van der Waals surface area contributed by atoms with Crippen molar-refractivity contribution >= 4 is 27.3 Å². The summed E-state index contributed by atoms with van der Waals surface area (Å²) < 4.78 is 41.5. The summed E-state index contributed by atoms with van der Waals surface area (Å²) in [6.45, 7) is 3.68. The maximum absolute atomic E-state index is 13.7. The third-order valence-electron chi connectivity index (χ3n) is 3.71. The predicted octanol–water partition coefficient (Wildman–Crippen LogP) is 3.22. The van der Waals surface area contributed by atoms with Crippen LogP contribution in [-0.4, -0.2) is 24.5 Å². The molecule has 27 heavy (non-hydrogen) atoms. The Kier molecular flexibility index (Phi) is 4.95. The summed E-state index contributed by atoms with van der Waals surface area (Å²) in [5.74, 6) is -1.43. The van der Waals surface area contributed by atoms with Crippen LogP contribution in [0.4, 0.5) is 15.8 Å². The highest BCUT2D eigenvalue weighted by molar-refractivity contribution is 7.92. The molecule has 2 aromatic carbocycles. The number of nitrogens with one attached hydrogen (secondary N) is 3. The minimum atomic E-state index is -4.10. The van der Waals surface area contributed by atoms with Gasteiger partial charge in [0.15, 0.2) is 5.03 Å². The Hall–Kier alpha value is -3.20. The molecule has 7 nitrogen and oxygen atoms in total. The fourth-order valence-corrected chi connectivity index (χ4v) is 3.77. The van der Waals surface area contributed by atoms with Crippen molar-refractivity contribution in [2.24, 2.45) is 0 Å². The van der Waals surface area contributed by atoms with Crippen LogP contribution in [-0.2, 0) is 10.0 Å². The number of anilines is 2. The van der Waals surface area contributed by atoms with Crippen molar-refractivity contribution in [1.82, 2.24) is 10.2 Å². The van der Waals surface area contributed by atoms with Crippen LogP contribution < -0.4 is 10.0 Å². The summed E-state index contributed by atoms with van der Waals surface area (Å²) >= 11 is 0. The van der Waals surface area contributed by atoms with Gasteiger partial charge in [-0.25, -0.2) is 4.39 Å². The third kappa shape index (κ3) is 4.14. The molecule has 0 bridgehead atoms. The molecule has 1 aromatic heterocycles. The lowest BCUT2D eigenvalue weighted by molar-refractivity contribution is 0.102. The van der Waals surface area contributed by atoms with Crippen LogP contribution in [0.5, 0.6) is 0 Å². The highest BCUT2D eigenvalue weighted by Gasteiger charge is 2.25. The van der Waals surface area contributed by atoms with Crippen molar-refractivity contribution in [2.45, 2.75) is 18.9 Å². The molecule has 1 amide bonds. The number of benzene rings is 2. The zero-order valence-corrected chi connectivity index (χ0v) is 15.4. The van der Waals surface area contributed by atoms with E-state index in [0.29, 0.717) is 5.69 Å². The fraction of sp³-hybridized carbons (Fsp3) is 0.111. The summed E-state index contributed by atoms with van der Waals surface area (Å²) in [5, 5.41) is 7.91. The van der Waals surface area contributed by atoms with Crippen LogP contribution in [0.2, 0.25) is 0 Å². The number of carbonyl (C=O) groups is 1. The molecule has 0 radical (unpaired) electrons. The van der Waals surface area contributed by atoms with E-state index in [9.17, 15) is 17.6 Å². The number of rotatable bonds is 5. The summed E-state index contributed by atoms with van der Waals surface area (Å²) in [5.41, 5.74) is 1.84. The minimum absolute atomic E-state index is 0.0608. The van der Waals surface area contributed by atoms with Gasteiger partial charge in [0.05, 0.1) is 17.4 Å². The number of amides is 1. The molecule has 140 valence electrons. The van der Waals surface area contributed by atoms with Gasteiger partial charge in [0.1, 0.15) is 5.82 Å². The average Bonchev–Trinajstić information content (AvgIpc) is 3.06. The van der Waals surface area contributed by atoms with E-state index in [0.717, 1.165) is 17.3 Å². The van der Waals surface area contributed by atoms with E-state index in [1.165, 1.54) is 18.2 Å². The first kappa shape index (κ1) is 18.6. The second-order valence-electron chi connectivity index (χ2n) is 6.03. The molecule has 0 aliphatic rings. The lowest BCUT2D eigenvalue weighted by Gasteiger charge is -2.10. The number of aromatic nitrogens is 2. The maximum atomic E-state index is 13.7. The molecule has 0 fully saturated rings. The fourth-order valence-electron chi connectivity index (χ4n) is 2.63. The summed E-state index contributed by atoms with van der Waals surface area (Å²) in [6, 6.07) is 10.8. The van der Waals surface area contributed by atoms with E-state index in [2.05, 4.69) is 20.2 Å². The van der Waals surface area contributed by atoms with Gasteiger partial charge < -0.3 is 5.32 Å². The molecule has 0 unspecified atom stereocenters. The van der Waals surface area contributed by atoms with E-state index in [4.69, 9.17) is 0 Å². The molecule has 0 aliphatic carbocycles. The van der Waals surface area contributed by atoms with Crippen LogP contribution in [0.25, 0.3) is 0 Å². The normalized spacial score (nSPS) is 11.2. The van der Waals surface area contributed by atoms with E-state index in [1.807, 2.05) is 19.9 Å². The number of para-hydroxylation sites is 1. The van der Waals surface area contributed by atoms with Gasteiger partial charge in [0, 0.05) is 5.69 Å². The second kappa shape index (κ2) is 7.20. The predicted molar refractivity (Wildman–Crippen MR) is 99.7 cm³/mol. The highest BCUT2D eigenvalue weighted by atomic mass is 32.2. The van der Waals surface area contributed by atoms with Crippen LogP contribution in [0.1, 0.15) is 21.5 Å². The number of H-pyrrole nitrogens is 1. The first-order valence-corrected chi connectivity index (χ1v) is 9.45. The molecule has 3 aromatic rings. The highest BCUT2D eigenvalue weighted by Crippen LogP contribution is 2.21. The van der Waals surface area contributed by atoms with Crippen LogP contribution in [0, 0.1) is 19.7 Å². The number of aromatic amines is 1. The number of hydrogen-bond donors (Lipinski definition) is 3. The van der Waals surface area contributed by atoms with E-state index in [1.54, 1.807) is 18.2 Å². The smallest absolute Gasteiger partial charge is 0.279 e. The van der Waals surface area contributed by atoms with Crippen LogP contribution in [0.3, 0.4) is 0 Å². The van der Waals surface area contributed by atoms with Gasteiger partial charge in [-0.3, -0.25) is 14.6 Å². The Morgan fingerprint density at radius 3 is 2.44 bits per heavy atom. The largest absolute Gasteiger partial charge is 0.319 e. The Balaban J connectivity index is 1.89. The van der Waals surface area contributed by atoms with Crippen molar-refractivity contribution in [3.05, 3.63) is 71.2 Å². The third-order valence-corrected chi connectivity index (χ3v) is 5.07. The molecular weight excluding hydrogens is 371 g/mol. The Labute approximate surface area is 155 Å². The van der Waals surface area contributed by atoms with Crippen molar-refractivity contribution in [3.8, 4) is 0 Å². The van der Waals surface area contributed by atoms with Crippen molar-refractivity contribution in [3.63, 3.8) is 0 Å². The van der Waals surface area contributed by atoms with E-state index in [-0.39, 0.29) is 11.3 Å². The zero-order chi connectivity index (χ0) is 19.6. The molecule has 9 heteroatoms. The zero-order valence-electron chi connectivity index (χ0n) is 14.6. The molecule has 3 rings (SSSR count). The summed E-state index contributed by atoms with van der Waals surface area (Å²) in [4.78, 5) is 12.4. The van der Waals surface area contributed by atoms with E-state index < -0.39 is 26.8 Å². The lowest BCUT2D eigenvalue weighted by Crippen LogP contribution is -2.20. The van der Waals surface area contributed by atoms with Crippen molar-refractivity contribution in [1.29, 1.82) is 0 Å². The Bertz CT molecular complexity index is 1090. The maximum Gasteiger partial charge on any atom is 0.279 e. The monoisotopic (exact) mass is 388 g/mol. The lowest BCUT2D eigenvalue weighted by atomic mass is 10.1. The van der Waals surface area contributed by atoms with Gasteiger partial charge in [-0.2, -0.15) is 13.5 Å². The first-order chi connectivity index (χ1) is 12.8. The molecular formula is C18H17FN4O3S. The molecule has 0 spiro atoms. The minimum Gasteiger partial charge on any atom is -0.319 e. The van der Waals surface area contributed by atoms with Crippen LogP contribution >= 0.6 is 0 Å². The topological polar surface area (TPSA) is 104 Å². The van der Waals surface area contributed by atoms with E-state index >= 15 is 0 Å². The van der Waals surface area contributed by atoms with Gasteiger partial charge in [-0.05, 0) is 49.2 Å². The van der Waals surface area contributed by atoms with Crippen molar-refractivity contribution < 1.29 is 17.6 Å². The number of halogens is 1. The molecule has 0 saturated heterocycles. The molecule has 1 heterocycles. The molecule has 0 aliphatic heterocycles. The van der Waals surface area contributed by atoms with Gasteiger partial charge in [-0.1, -0.05) is 18.2 Å². The molecule has 0 saturated carbocycles.